The van der Waals surface area contributed by atoms with E-state index in [0.29, 0.717) is 56.9 Å². The van der Waals surface area contributed by atoms with Crippen molar-refractivity contribution in [2.45, 2.75) is 149 Å². The number of rotatable bonds is 5. The predicted octanol–water partition coefficient (Wildman–Crippen LogP) is 6.95. The number of hydrogen-bond donors (Lipinski definition) is 3. The average molecular weight is 878 g/mol. The summed E-state index contributed by atoms with van der Waals surface area (Å²) in [6.07, 6.45) is 11.5. The zero-order valence-corrected chi connectivity index (χ0v) is 38.7. The fourth-order valence-electron chi connectivity index (χ4n) is 8.84. The summed E-state index contributed by atoms with van der Waals surface area (Å²) in [7, 11) is 2.80. The summed E-state index contributed by atoms with van der Waals surface area (Å²) >= 11 is 0. The standard InChI is InChI=1S/C50H71NO12/c1-30-15-11-10-12-16-31(2)25-34(5)44(54)46(61-9)45(55)35(6)26-32(3)41(53)29-42(33(4)27-37-20-23-40(52)43(28-37)60-8)62-49(58)39-17-13-14-24-51(39)48(57)47(56)50(59)36(7)19-22-38(63-50)21-18-30/h10-12,15-16,20,23,26,28,31-34,36,38-39,42,45-46,52,55,59H,13-14,17-19,21-22,24-25,27,29H2,1-9H3/b11-10+,16-12+,30-15+,35-26+/t31-,32-,33-,34-,36-,38-,39+,42+,45-,46+,50-/m1/s1. The molecule has 348 valence electrons. The Morgan fingerprint density at radius 1 is 0.952 bits per heavy atom. The number of methoxy groups -OCH3 is 2. The number of fused-ring (bicyclic) bond motifs is 3. The van der Waals surface area contributed by atoms with Gasteiger partial charge in [-0.3, -0.25) is 19.2 Å². The molecular formula is C50H71NO12. The van der Waals surface area contributed by atoms with Crippen LogP contribution in [0.4, 0.5) is 0 Å². The smallest absolute Gasteiger partial charge is 0.329 e. The molecule has 4 rings (SSSR count). The molecule has 2 bridgehead atoms. The number of Topliss-reactive ketones (excluding diaryl/α,β-unsaturated/α-hetero) is 3. The molecule has 0 saturated carbocycles. The van der Waals surface area contributed by atoms with Crippen LogP contribution < -0.4 is 4.74 Å². The average Bonchev–Trinajstić information content (AvgIpc) is 3.26. The number of amides is 1. The summed E-state index contributed by atoms with van der Waals surface area (Å²) in [5, 5.41) is 33.4. The minimum atomic E-state index is -2.37. The van der Waals surface area contributed by atoms with Crippen LogP contribution >= 0.6 is 0 Å². The molecule has 63 heavy (non-hydrogen) atoms. The van der Waals surface area contributed by atoms with Crippen molar-refractivity contribution in [2.24, 2.45) is 29.6 Å². The minimum absolute atomic E-state index is 0.0408. The third-order valence-corrected chi connectivity index (χ3v) is 13.0. The normalized spacial score (nSPS) is 35.0. The lowest BCUT2D eigenvalue weighted by atomic mass is 9.85. The van der Waals surface area contributed by atoms with Crippen LogP contribution in [-0.2, 0) is 44.6 Å². The molecule has 1 amide bonds. The van der Waals surface area contributed by atoms with Crippen LogP contribution in [0.5, 0.6) is 11.5 Å². The van der Waals surface area contributed by atoms with E-state index in [2.05, 4.69) is 0 Å². The molecule has 1 aromatic rings. The van der Waals surface area contributed by atoms with Crippen LogP contribution in [0.2, 0.25) is 0 Å². The number of aliphatic hydroxyl groups excluding tert-OH is 1. The van der Waals surface area contributed by atoms with Gasteiger partial charge in [-0.1, -0.05) is 82.7 Å². The van der Waals surface area contributed by atoms with Crippen molar-refractivity contribution < 1.29 is 58.2 Å². The minimum Gasteiger partial charge on any atom is -0.504 e. The van der Waals surface area contributed by atoms with E-state index in [4.69, 9.17) is 18.9 Å². The molecule has 3 aliphatic rings. The number of allylic oxidation sites excluding steroid dienone is 7. The van der Waals surface area contributed by atoms with Crippen LogP contribution in [-0.4, -0.2) is 106 Å². The number of aromatic hydroxyl groups is 1. The maximum atomic E-state index is 14.3. The first-order chi connectivity index (χ1) is 29.8. The second kappa shape index (κ2) is 23.5. The van der Waals surface area contributed by atoms with E-state index >= 15 is 0 Å². The number of carbonyl (C=O) groups excluding carboxylic acids is 5. The number of phenols is 1. The predicted molar refractivity (Wildman–Crippen MR) is 239 cm³/mol. The first kappa shape index (κ1) is 51.2. The number of ketones is 3. The Morgan fingerprint density at radius 2 is 1.68 bits per heavy atom. The number of aliphatic hydroxyl groups is 2. The Balaban J connectivity index is 1.70. The van der Waals surface area contributed by atoms with Crippen molar-refractivity contribution >= 4 is 29.2 Å². The first-order valence-electron chi connectivity index (χ1n) is 22.6. The first-order valence-corrected chi connectivity index (χ1v) is 22.6. The zero-order chi connectivity index (χ0) is 46.6. The fourth-order valence-corrected chi connectivity index (χ4v) is 8.84. The monoisotopic (exact) mass is 877 g/mol. The maximum Gasteiger partial charge on any atom is 0.329 e. The van der Waals surface area contributed by atoms with Crippen molar-refractivity contribution in [1.82, 2.24) is 4.90 Å². The summed E-state index contributed by atoms with van der Waals surface area (Å²) in [5.74, 6) is -7.95. The van der Waals surface area contributed by atoms with Crippen molar-refractivity contribution in [3.05, 3.63) is 71.4 Å². The van der Waals surface area contributed by atoms with Gasteiger partial charge in [-0.25, -0.2) is 4.79 Å². The van der Waals surface area contributed by atoms with E-state index in [1.807, 2.05) is 58.1 Å². The molecule has 2 fully saturated rings. The number of esters is 1. The highest BCUT2D eigenvalue weighted by Crippen LogP contribution is 2.37. The molecule has 3 N–H and O–H groups in total. The van der Waals surface area contributed by atoms with Gasteiger partial charge in [0.15, 0.2) is 17.3 Å². The Kier molecular flexibility index (Phi) is 19.1. The van der Waals surface area contributed by atoms with Gasteiger partial charge in [-0.2, -0.15) is 0 Å². The van der Waals surface area contributed by atoms with E-state index in [-0.39, 0.29) is 48.4 Å². The van der Waals surface area contributed by atoms with Gasteiger partial charge in [0.25, 0.3) is 11.7 Å². The molecular weight excluding hydrogens is 807 g/mol. The zero-order valence-electron chi connectivity index (χ0n) is 38.7. The second-order valence-electron chi connectivity index (χ2n) is 18.2. The second-order valence-corrected chi connectivity index (χ2v) is 18.2. The van der Waals surface area contributed by atoms with Gasteiger partial charge in [0.2, 0.25) is 5.79 Å². The molecule has 1 aromatic carbocycles. The van der Waals surface area contributed by atoms with E-state index < -0.39 is 77.6 Å². The molecule has 13 nitrogen and oxygen atoms in total. The molecule has 2 saturated heterocycles. The van der Waals surface area contributed by atoms with E-state index in [1.165, 1.54) is 25.2 Å². The van der Waals surface area contributed by atoms with Gasteiger partial charge in [0.05, 0.1) is 13.2 Å². The summed E-state index contributed by atoms with van der Waals surface area (Å²) in [5.41, 5.74) is 2.17. The van der Waals surface area contributed by atoms with Gasteiger partial charge in [0.1, 0.15) is 30.1 Å². The summed E-state index contributed by atoms with van der Waals surface area (Å²) < 4.78 is 23.1. The van der Waals surface area contributed by atoms with Gasteiger partial charge in [-0.05, 0) is 107 Å². The Morgan fingerprint density at radius 3 is 2.38 bits per heavy atom. The van der Waals surface area contributed by atoms with Crippen LogP contribution in [0.25, 0.3) is 0 Å². The summed E-state index contributed by atoms with van der Waals surface area (Å²) in [6.45, 7) is 12.7. The van der Waals surface area contributed by atoms with Crippen molar-refractivity contribution in [2.75, 3.05) is 20.8 Å². The maximum absolute atomic E-state index is 14.3. The van der Waals surface area contributed by atoms with Crippen LogP contribution in [0.1, 0.15) is 112 Å². The topological polar surface area (TPSA) is 186 Å². The number of hydrogen-bond acceptors (Lipinski definition) is 12. The highest BCUT2D eigenvalue weighted by atomic mass is 16.6. The third-order valence-electron chi connectivity index (χ3n) is 13.0. The van der Waals surface area contributed by atoms with E-state index in [1.54, 1.807) is 39.0 Å². The lowest BCUT2D eigenvalue weighted by Crippen LogP contribution is -2.60. The highest BCUT2D eigenvalue weighted by Gasteiger charge is 2.52. The fraction of sp³-hybridized carbons (Fsp3) is 0.620. The Bertz CT molecular complexity index is 1900. The number of cyclic esters (lactones) is 1. The highest BCUT2D eigenvalue weighted by molar-refractivity contribution is 6.39. The van der Waals surface area contributed by atoms with Crippen LogP contribution in [0.15, 0.2) is 65.8 Å². The van der Waals surface area contributed by atoms with Gasteiger partial charge in [-0.15, -0.1) is 0 Å². The summed E-state index contributed by atoms with van der Waals surface area (Å²) in [4.78, 5) is 71.3. The molecule has 3 heterocycles. The molecule has 0 unspecified atom stereocenters. The number of nitrogens with zero attached hydrogens (tertiary/aromatic N) is 1. The number of ether oxygens (including phenoxy) is 4. The molecule has 0 aliphatic carbocycles. The molecule has 13 heteroatoms. The SMILES string of the molecule is COc1cc(C[C@@H](C)[C@@H]2CC(=O)[C@H](C)/C=C(\C)[C@@H](O)[C@@H](OC)C(=O)[C@H](C)C[C@H](C)/C=C/C=C/C=C(\C)CC[C@@H]3CC[C@@H](C)[C@@](O)(O3)C(=O)C(=O)N3CCCC[C@H]3C(=O)O2)ccc1O. The molecule has 0 aromatic heterocycles. The number of carbonyl (C=O) groups is 5. The number of benzene rings is 1. The quantitative estimate of drug-likeness (QED) is 0.157. The summed E-state index contributed by atoms with van der Waals surface area (Å²) in [6, 6.07) is 3.71. The van der Waals surface area contributed by atoms with Crippen molar-refractivity contribution in [3.63, 3.8) is 0 Å². The number of phenolic OH excluding ortho intramolecular Hbond substituents is 1. The lowest BCUT2D eigenvalue weighted by Gasteiger charge is -2.42. The van der Waals surface area contributed by atoms with Gasteiger partial charge < -0.3 is 39.2 Å². The number of piperidine rings is 1. The third kappa shape index (κ3) is 13.5. The van der Waals surface area contributed by atoms with Crippen LogP contribution in [0.3, 0.4) is 0 Å². The Hall–Kier alpha value is -4.43. The largest absolute Gasteiger partial charge is 0.504 e. The van der Waals surface area contributed by atoms with E-state index in [9.17, 15) is 39.3 Å². The molecule has 0 radical (unpaired) electrons. The van der Waals surface area contributed by atoms with Crippen molar-refractivity contribution in [3.8, 4) is 11.5 Å². The molecule has 11 atom stereocenters. The van der Waals surface area contributed by atoms with Crippen LogP contribution in [0, 0.1) is 29.6 Å². The Labute approximate surface area is 373 Å². The van der Waals surface area contributed by atoms with E-state index in [0.717, 1.165) is 11.1 Å². The van der Waals surface area contributed by atoms with Crippen molar-refractivity contribution in [1.29, 1.82) is 0 Å². The van der Waals surface area contributed by atoms with Gasteiger partial charge >= 0.3 is 5.97 Å². The lowest BCUT2D eigenvalue weighted by molar-refractivity contribution is -0.263. The molecule has 3 aliphatic heterocycles. The molecule has 0 spiro atoms. The van der Waals surface area contributed by atoms with Gasteiger partial charge in [0, 0.05) is 37.8 Å².